The number of methoxy groups -OCH3 is 1. The van der Waals surface area contributed by atoms with Crippen LogP contribution in [0.2, 0.25) is 0 Å². The molecule has 0 fully saturated rings. The first-order valence-corrected chi connectivity index (χ1v) is 9.76. The highest BCUT2D eigenvalue weighted by atomic mass is 19.4. The second-order valence-corrected chi connectivity index (χ2v) is 6.98. The lowest BCUT2D eigenvalue weighted by molar-refractivity contribution is -0.137. The quantitative estimate of drug-likeness (QED) is 0.438. The summed E-state index contributed by atoms with van der Waals surface area (Å²) in [7, 11) is 1.27. The van der Waals surface area contributed by atoms with Gasteiger partial charge in [-0.05, 0) is 42.3 Å². The van der Waals surface area contributed by atoms with Gasteiger partial charge >= 0.3 is 6.18 Å². The van der Waals surface area contributed by atoms with Gasteiger partial charge in [0.2, 0.25) is 0 Å². The Labute approximate surface area is 185 Å². The van der Waals surface area contributed by atoms with E-state index in [4.69, 9.17) is 4.74 Å². The summed E-state index contributed by atoms with van der Waals surface area (Å²) in [6, 6.07) is 10.6. The first-order valence-electron chi connectivity index (χ1n) is 9.76. The predicted molar refractivity (Wildman–Crippen MR) is 113 cm³/mol. The van der Waals surface area contributed by atoms with Gasteiger partial charge < -0.3 is 10.1 Å². The normalized spacial score (nSPS) is 11.4. The lowest BCUT2D eigenvalue weighted by Crippen LogP contribution is -2.22. The lowest BCUT2D eigenvalue weighted by atomic mass is 10.1. The number of hydrogen-bond acceptors (Lipinski definition) is 7. The molecule has 9 nitrogen and oxygen atoms in total. The van der Waals surface area contributed by atoms with Crippen LogP contribution >= 0.6 is 0 Å². The van der Waals surface area contributed by atoms with E-state index in [1.165, 1.54) is 36.2 Å². The summed E-state index contributed by atoms with van der Waals surface area (Å²) < 4.78 is 46.7. The molecular formula is C21H18F3N7O2. The van der Waals surface area contributed by atoms with Crippen LogP contribution < -0.4 is 15.6 Å². The Kier molecular flexibility index (Phi) is 6.07. The van der Waals surface area contributed by atoms with Gasteiger partial charge in [0.15, 0.2) is 11.6 Å². The number of nitrogens with zero attached hydrogens (tertiary/aromatic N) is 5. The summed E-state index contributed by atoms with van der Waals surface area (Å²) in [5, 5.41) is 16.2. The highest BCUT2D eigenvalue weighted by Crippen LogP contribution is 2.37. The van der Waals surface area contributed by atoms with Gasteiger partial charge in [0.05, 0.1) is 18.4 Å². The number of rotatable bonds is 7. The minimum Gasteiger partial charge on any atom is -0.497 e. The van der Waals surface area contributed by atoms with Crippen LogP contribution in [-0.4, -0.2) is 37.3 Å². The first-order chi connectivity index (χ1) is 15.8. The van der Waals surface area contributed by atoms with Gasteiger partial charge in [-0.1, -0.05) is 17.3 Å². The van der Waals surface area contributed by atoms with Gasteiger partial charge in [-0.25, -0.2) is 4.98 Å². The molecule has 170 valence electrons. The maximum absolute atomic E-state index is 13.5. The maximum Gasteiger partial charge on any atom is 0.418 e. The molecule has 0 saturated carbocycles. The third kappa shape index (κ3) is 5.00. The molecule has 0 unspecified atom stereocenters. The van der Waals surface area contributed by atoms with Crippen LogP contribution in [0.3, 0.4) is 0 Å². The SMILES string of the molecule is COc1ccc(Nc2nccn(-c3ccc(CCc4nn[nH]n4)cc3)c2=O)c(C(F)(F)F)c1. The Morgan fingerprint density at radius 3 is 2.58 bits per heavy atom. The molecule has 0 spiro atoms. The number of aromatic nitrogens is 6. The molecule has 0 bridgehead atoms. The van der Waals surface area contributed by atoms with E-state index < -0.39 is 17.3 Å². The van der Waals surface area contributed by atoms with Gasteiger partial charge in [-0.2, -0.15) is 18.4 Å². The Balaban J connectivity index is 1.58. The van der Waals surface area contributed by atoms with Crippen LogP contribution in [0, 0.1) is 0 Å². The molecule has 2 heterocycles. The number of ether oxygens (including phenoxy) is 1. The highest BCUT2D eigenvalue weighted by Gasteiger charge is 2.34. The topological polar surface area (TPSA) is 111 Å². The number of halogens is 3. The lowest BCUT2D eigenvalue weighted by Gasteiger charge is -2.15. The summed E-state index contributed by atoms with van der Waals surface area (Å²) in [5.41, 5.74) is -0.329. The number of H-pyrrole nitrogens is 1. The van der Waals surface area contributed by atoms with Gasteiger partial charge in [-0.15, -0.1) is 10.2 Å². The number of tetrazole rings is 1. The van der Waals surface area contributed by atoms with Crippen molar-refractivity contribution in [2.24, 2.45) is 0 Å². The van der Waals surface area contributed by atoms with Gasteiger partial charge in [-0.3, -0.25) is 9.36 Å². The summed E-state index contributed by atoms with van der Waals surface area (Å²) in [6.07, 6.45) is -0.592. The fourth-order valence-corrected chi connectivity index (χ4v) is 3.19. The largest absolute Gasteiger partial charge is 0.497 e. The number of alkyl halides is 3. The Hall–Kier alpha value is -4.22. The summed E-state index contributed by atoms with van der Waals surface area (Å²) in [4.78, 5) is 16.9. The zero-order valence-corrected chi connectivity index (χ0v) is 17.3. The molecule has 2 aromatic heterocycles. The number of aryl methyl sites for hydroxylation is 2. The molecule has 33 heavy (non-hydrogen) atoms. The van der Waals surface area contributed by atoms with Crippen molar-refractivity contribution in [3.8, 4) is 11.4 Å². The molecule has 12 heteroatoms. The number of aromatic amines is 1. The van der Waals surface area contributed by atoms with E-state index in [-0.39, 0.29) is 17.3 Å². The van der Waals surface area contributed by atoms with Gasteiger partial charge in [0, 0.05) is 24.5 Å². The standard InChI is InChI=1S/C21H18F3N7O2/c1-33-15-7-8-17(16(12-15)21(22,23)24)26-19-20(32)31(11-10-25-19)14-5-2-13(3-6-14)4-9-18-27-29-30-28-18/h2-3,5-8,10-12H,4,9H2,1H3,(H,25,26)(H,27,28,29,30). The Morgan fingerprint density at radius 2 is 1.91 bits per heavy atom. The van der Waals surface area contributed by atoms with Crippen LogP contribution in [0.25, 0.3) is 5.69 Å². The average molecular weight is 457 g/mol. The smallest absolute Gasteiger partial charge is 0.418 e. The van der Waals surface area contributed by atoms with E-state index in [0.717, 1.165) is 11.6 Å². The Bertz CT molecular complexity index is 1290. The molecule has 0 amide bonds. The molecule has 0 aliphatic heterocycles. The zero-order chi connectivity index (χ0) is 23.4. The third-order valence-electron chi connectivity index (χ3n) is 4.87. The average Bonchev–Trinajstić information content (AvgIpc) is 3.33. The number of hydrogen-bond donors (Lipinski definition) is 2. The van der Waals surface area contributed by atoms with Crippen LogP contribution in [0.5, 0.6) is 5.75 Å². The summed E-state index contributed by atoms with van der Waals surface area (Å²) in [6.45, 7) is 0. The van der Waals surface area contributed by atoms with E-state index in [2.05, 4.69) is 30.9 Å². The van der Waals surface area contributed by atoms with E-state index in [1.54, 1.807) is 12.1 Å². The zero-order valence-electron chi connectivity index (χ0n) is 17.3. The molecule has 0 radical (unpaired) electrons. The van der Waals surface area contributed by atoms with Crippen LogP contribution in [0.15, 0.2) is 59.7 Å². The number of benzene rings is 2. The maximum atomic E-state index is 13.5. The van der Waals surface area contributed by atoms with Crippen molar-refractivity contribution >= 4 is 11.5 Å². The molecule has 2 N–H and O–H groups in total. The first kappa shape index (κ1) is 22.0. The molecule has 0 aliphatic carbocycles. The van der Waals surface area contributed by atoms with Crippen LogP contribution in [-0.2, 0) is 19.0 Å². The van der Waals surface area contributed by atoms with E-state index in [9.17, 15) is 18.0 Å². The van der Waals surface area contributed by atoms with Crippen LogP contribution in [0.1, 0.15) is 17.0 Å². The fourth-order valence-electron chi connectivity index (χ4n) is 3.19. The predicted octanol–water partition coefficient (Wildman–Crippen LogP) is 3.30. The van der Waals surface area contributed by atoms with Crippen molar-refractivity contribution in [2.75, 3.05) is 12.4 Å². The fraction of sp³-hybridized carbons (Fsp3) is 0.190. The third-order valence-corrected chi connectivity index (χ3v) is 4.87. The van der Waals surface area contributed by atoms with Gasteiger partial charge in [0.25, 0.3) is 5.56 Å². The number of anilines is 2. The van der Waals surface area contributed by atoms with Crippen LogP contribution in [0.4, 0.5) is 24.7 Å². The van der Waals surface area contributed by atoms with E-state index in [0.29, 0.717) is 24.4 Å². The van der Waals surface area contributed by atoms with Crippen molar-refractivity contribution in [1.82, 2.24) is 30.2 Å². The molecular weight excluding hydrogens is 439 g/mol. The van der Waals surface area contributed by atoms with Gasteiger partial charge in [0.1, 0.15) is 5.75 Å². The Morgan fingerprint density at radius 1 is 1.12 bits per heavy atom. The van der Waals surface area contributed by atoms with E-state index in [1.807, 2.05) is 12.1 Å². The van der Waals surface area contributed by atoms with E-state index >= 15 is 0 Å². The van der Waals surface area contributed by atoms with Crippen molar-refractivity contribution < 1.29 is 17.9 Å². The summed E-state index contributed by atoms with van der Waals surface area (Å²) in [5.74, 6) is 0.400. The number of nitrogens with one attached hydrogen (secondary N) is 2. The van der Waals surface area contributed by atoms with Crippen molar-refractivity contribution in [2.45, 2.75) is 19.0 Å². The molecule has 0 atom stereocenters. The second-order valence-electron chi connectivity index (χ2n) is 6.98. The monoisotopic (exact) mass is 457 g/mol. The minimum atomic E-state index is -4.65. The van der Waals surface area contributed by atoms with Crippen molar-refractivity contribution in [3.05, 3.63) is 82.2 Å². The van der Waals surface area contributed by atoms with Crippen molar-refractivity contribution in [1.29, 1.82) is 0 Å². The van der Waals surface area contributed by atoms with Crippen molar-refractivity contribution in [3.63, 3.8) is 0 Å². The highest BCUT2D eigenvalue weighted by molar-refractivity contribution is 5.63. The second kappa shape index (κ2) is 9.10. The minimum absolute atomic E-state index is 0.0470. The molecule has 0 aliphatic rings. The summed E-state index contributed by atoms with van der Waals surface area (Å²) >= 11 is 0. The molecule has 4 rings (SSSR count). The molecule has 0 saturated heterocycles. The molecule has 4 aromatic rings. The molecule has 2 aromatic carbocycles.